The number of benzene rings is 2. The lowest BCUT2D eigenvalue weighted by molar-refractivity contribution is 0.0983. The van der Waals surface area contributed by atoms with Gasteiger partial charge in [-0.3, -0.25) is 9.69 Å². The van der Waals surface area contributed by atoms with Gasteiger partial charge in [0.05, 0.1) is 15.8 Å². The fourth-order valence-electron chi connectivity index (χ4n) is 3.23. The van der Waals surface area contributed by atoms with E-state index in [4.69, 9.17) is 4.98 Å². The van der Waals surface area contributed by atoms with Gasteiger partial charge in [0.2, 0.25) is 0 Å². The summed E-state index contributed by atoms with van der Waals surface area (Å²) in [6.45, 7) is 7.90. The minimum absolute atomic E-state index is 0.0359. The Bertz CT molecular complexity index is 997. The lowest BCUT2D eigenvalue weighted by Gasteiger charge is -2.22. The normalized spacial score (nSPS) is 11.4. The Kier molecular flexibility index (Phi) is 7.33. The van der Waals surface area contributed by atoms with Gasteiger partial charge >= 0.3 is 0 Å². The molecule has 2 aromatic carbocycles. The molecule has 0 N–H and O–H groups in total. The summed E-state index contributed by atoms with van der Waals surface area (Å²) in [5.41, 5.74) is 4.18. The number of hydrogen-bond donors (Lipinski definition) is 0. The first-order chi connectivity index (χ1) is 13.9. The van der Waals surface area contributed by atoms with E-state index >= 15 is 0 Å². The van der Waals surface area contributed by atoms with Crippen LogP contribution >= 0.6 is 23.1 Å². The molecule has 1 aromatic heterocycles. The molecule has 1 heterocycles. The zero-order valence-corrected chi connectivity index (χ0v) is 19.5. The average molecular weight is 428 g/mol. The molecule has 0 saturated carbocycles. The van der Waals surface area contributed by atoms with Crippen molar-refractivity contribution in [2.24, 2.45) is 0 Å². The molecule has 0 unspecified atom stereocenters. The predicted molar refractivity (Wildman–Crippen MR) is 127 cm³/mol. The van der Waals surface area contributed by atoms with Crippen molar-refractivity contribution in [3.8, 4) is 0 Å². The first kappa shape index (κ1) is 21.8. The molecule has 0 saturated heterocycles. The molecule has 154 valence electrons. The summed E-state index contributed by atoms with van der Waals surface area (Å²) in [6.07, 6.45) is 0.899. The van der Waals surface area contributed by atoms with E-state index in [2.05, 4.69) is 51.9 Å². The van der Waals surface area contributed by atoms with Crippen molar-refractivity contribution in [2.45, 2.75) is 32.1 Å². The average Bonchev–Trinajstić information content (AvgIpc) is 3.13. The van der Waals surface area contributed by atoms with E-state index in [1.54, 1.807) is 23.1 Å². The number of carbonyl (C=O) groups is 1. The van der Waals surface area contributed by atoms with Crippen molar-refractivity contribution in [2.75, 3.05) is 37.8 Å². The molecule has 6 heteroatoms. The van der Waals surface area contributed by atoms with Gasteiger partial charge in [0.1, 0.15) is 0 Å². The Morgan fingerprint density at radius 2 is 1.86 bits per heavy atom. The number of amides is 1. The Balaban J connectivity index is 2.01. The molecular formula is C23H29N3OS2. The Morgan fingerprint density at radius 1 is 1.10 bits per heavy atom. The number of nitrogens with zero attached hydrogens (tertiary/aromatic N) is 3. The number of hydrogen-bond acceptors (Lipinski definition) is 5. The molecule has 0 aliphatic rings. The highest BCUT2D eigenvalue weighted by molar-refractivity contribution is 7.99. The van der Waals surface area contributed by atoms with E-state index in [1.807, 2.05) is 29.2 Å². The van der Waals surface area contributed by atoms with Crippen LogP contribution in [0, 0.1) is 13.8 Å². The van der Waals surface area contributed by atoms with Crippen LogP contribution in [-0.4, -0.2) is 48.7 Å². The van der Waals surface area contributed by atoms with Gasteiger partial charge in [-0.1, -0.05) is 36.5 Å². The van der Waals surface area contributed by atoms with Gasteiger partial charge in [0.25, 0.3) is 5.91 Å². The maximum atomic E-state index is 13.6. The first-order valence-corrected chi connectivity index (χ1v) is 11.8. The Labute approximate surface area is 181 Å². The number of thioether (sulfide) groups is 1. The Morgan fingerprint density at radius 3 is 2.59 bits per heavy atom. The van der Waals surface area contributed by atoms with Gasteiger partial charge in [-0.15, -0.1) is 11.8 Å². The van der Waals surface area contributed by atoms with Crippen LogP contribution in [0.1, 0.15) is 34.8 Å². The minimum Gasteiger partial charge on any atom is -0.309 e. The monoisotopic (exact) mass is 427 g/mol. The number of thiazole rings is 1. The van der Waals surface area contributed by atoms with Crippen molar-refractivity contribution in [1.82, 2.24) is 9.88 Å². The van der Waals surface area contributed by atoms with Crippen LogP contribution in [0.15, 0.2) is 41.3 Å². The highest BCUT2D eigenvalue weighted by Crippen LogP contribution is 2.33. The lowest BCUT2D eigenvalue weighted by Crippen LogP contribution is -2.33. The highest BCUT2D eigenvalue weighted by atomic mass is 32.2. The van der Waals surface area contributed by atoms with Gasteiger partial charge in [0, 0.05) is 11.4 Å². The quantitative estimate of drug-likeness (QED) is 0.437. The standard InChI is InChI=1S/C23H29N3OS2/c1-6-28-19-11-8-7-10-18(19)22(27)26(15-9-14-25(4)5)23-24-21-17(3)16(2)12-13-20(21)29-23/h7-8,10-13H,6,9,14-15H2,1-5H3. The van der Waals surface area contributed by atoms with Crippen LogP contribution in [0.5, 0.6) is 0 Å². The van der Waals surface area contributed by atoms with E-state index in [-0.39, 0.29) is 5.91 Å². The van der Waals surface area contributed by atoms with Gasteiger partial charge in [-0.05, 0) is 76.0 Å². The number of rotatable bonds is 8. The summed E-state index contributed by atoms with van der Waals surface area (Å²) in [4.78, 5) is 23.6. The van der Waals surface area contributed by atoms with Gasteiger partial charge in [-0.25, -0.2) is 4.98 Å². The summed E-state index contributed by atoms with van der Waals surface area (Å²) >= 11 is 3.31. The molecule has 0 bridgehead atoms. The third-order valence-corrected chi connectivity index (χ3v) is 6.95. The second kappa shape index (κ2) is 9.74. The maximum absolute atomic E-state index is 13.6. The first-order valence-electron chi connectivity index (χ1n) is 9.97. The van der Waals surface area contributed by atoms with E-state index < -0.39 is 0 Å². The smallest absolute Gasteiger partial charge is 0.261 e. The number of aryl methyl sites for hydroxylation is 2. The predicted octanol–water partition coefficient (Wildman–Crippen LogP) is 5.62. The largest absolute Gasteiger partial charge is 0.309 e. The van der Waals surface area contributed by atoms with Crippen LogP contribution in [0.4, 0.5) is 5.13 Å². The topological polar surface area (TPSA) is 36.4 Å². The fraction of sp³-hybridized carbons (Fsp3) is 0.391. The second-order valence-corrected chi connectivity index (χ2v) is 9.71. The summed E-state index contributed by atoms with van der Waals surface area (Å²) in [5, 5.41) is 0.786. The zero-order chi connectivity index (χ0) is 21.0. The van der Waals surface area contributed by atoms with Crippen LogP contribution in [0.25, 0.3) is 10.2 Å². The van der Waals surface area contributed by atoms with Crippen molar-refractivity contribution in [3.05, 3.63) is 53.1 Å². The van der Waals surface area contributed by atoms with Crippen molar-refractivity contribution in [3.63, 3.8) is 0 Å². The molecule has 0 spiro atoms. The number of anilines is 1. The van der Waals surface area contributed by atoms with Gasteiger partial charge in [0.15, 0.2) is 5.13 Å². The molecule has 1 amide bonds. The molecule has 0 aliphatic carbocycles. The molecule has 0 radical (unpaired) electrons. The molecule has 3 rings (SSSR count). The van der Waals surface area contributed by atoms with E-state index in [0.717, 1.165) is 44.5 Å². The molecule has 0 atom stereocenters. The van der Waals surface area contributed by atoms with Gasteiger partial charge < -0.3 is 4.90 Å². The number of fused-ring (bicyclic) bond motifs is 1. The summed E-state index contributed by atoms with van der Waals surface area (Å²) in [5.74, 6) is 0.971. The molecule has 3 aromatic rings. The fourth-order valence-corrected chi connectivity index (χ4v) is 5.08. The number of carbonyl (C=O) groups excluding carboxylic acids is 1. The molecule has 0 fully saturated rings. The summed E-state index contributed by atoms with van der Waals surface area (Å²) in [7, 11) is 4.12. The number of aromatic nitrogens is 1. The SMILES string of the molecule is CCSc1ccccc1C(=O)N(CCCN(C)C)c1nc2c(C)c(C)ccc2s1. The minimum atomic E-state index is 0.0359. The third-order valence-electron chi connectivity index (χ3n) is 4.95. The molecule has 4 nitrogen and oxygen atoms in total. The van der Waals surface area contributed by atoms with Crippen molar-refractivity contribution < 1.29 is 4.79 Å². The lowest BCUT2D eigenvalue weighted by atomic mass is 10.1. The third kappa shape index (κ3) is 5.00. The maximum Gasteiger partial charge on any atom is 0.261 e. The van der Waals surface area contributed by atoms with Crippen LogP contribution in [0.2, 0.25) is 0 Å². The van der Waals surface area contributed by atoms with E-state index in [1.165, 1.54) is 11.1 Å². The van der Waals surface area contributed by atoms with Crippen molar-refractivity contribution >= 4 is 44.4 Å². The zero-order valence-electron chi connectivity index (χ0n) is 17.9. The highest BCUT2D eigenvalue weighted by Gasteiger charge is 2.23. The molecule has 0 aliphatic heterocycles. The second-order valence-electron chi connectivity index (χ2n) is 7.39. The van der Waals surface area contributed by atoms with Crippen LogP contribution < -0.4 is 4.90 Å². The molecule has 29 heavy (non-hydrogen) atoms. The van der Waals surface area contributed by atoms with Crippen molar-refractivity contribution in [1.29, 1.82) is 0 Å². The van der Waals surface area contributed by atoms with Crippen LogP contribution in [-0.2, 0) is 0 Å². The summed E-state index contributed by atoms with van der Waals surface area (Å²) < 4.78 is 1.13. The Hall–Kier alpha value is -1.89. The summed E-state index contributed by atoms with van der Waals surface area (Å²) in [6, 6.07) is 12.1. The van der Waals surface area contributed by atoms with E-state index in [0.29, 0.717) is 6.54 Å². The molecular weight excluding hydrogens is 398 g/mol. The van der Waals surface area contributed by atoms with E-state index in [9.17, 15) is 4.79 Å². The van der Waals surface area contributed by atoms with Gasteiger partial charge in [-0.2, -0.15) is 0 Å². The van der Waals surface area contributed by atoms with Crippen LogP contribution in [0.3, 0.4) is 0 Å².